The summed E-state index contributed by atoms with van der Waals surface area (Å²) < 4.78 is 10.4. The maximum atomic E-state index is 11.2. The third-order valence-corrected chi connectivity index (χ3v) is 2.53. The first-order chi connectivity index (χ1) is 8.15. The topological polar surface area (TPSA) is 93.8 Å². The molecule has 1 aliphatic heterocycles. The number of hydrogen-bond acceptors (Lipinski definition) is 5. The summed E-state index contributed by atoms with van der Waals surface area (Å²) in [6.45, 7) is 0.000530. The smallest absolute Gasteiger partial charge is 0.262 e. The van der Waals surface area contributed by atoms with Gasteiger partial charge in [0, 0.05) is 18.2 Å². The molecule has 1 heterocycles. The van der Waals surface area contributed by atoms with E-state index in [-0.39, 0.29) is 19.1 Å². The lowest BCUT2D eigenvalue weighted by atomic mass is 10.1. The lowest BCUT2D eigenvalue weighted by Crippen LogP contribution is -2.27. The third kappa shape index (κ3) is 2.17. The van der Waals surface area contributed by atoms with Crippen LogP contribution in [0.5, 0.6) is 11.5 Å². The molecular weight excluding hydrogens is 224 g/mol. The van der Waals surface area contributed by atoms with Crippen molar-refractivity contribution in [2.45, 2.75) is 6.10 Å². The normalized spacial score (nSPS) is 15.6. The number of hydrogen-bond donors (Lipinski definition) is 3. The standard InChI is InChI=1S/C11H14N2O4/c1-16-6-2-7(9(14)4-12)11-8(3-6)13-10(15)5-17-11/h2-3,9,14H,4-5,12H2,1H3,(H,13,15)/t9-/m0/s1. The van der Waals surface area contributed by atoms with Gasteiger partial charge in [0.05, 0.1) is 18.9 Å². The summed E-state index contributed by atoms with van der Waals surface area (Å²) in [5.74, 6) is 0.736. The molecule has 0 radical (unpaired) electrons. The van der Waals surface area contributed by atoms with Crippen molar-refractivity contribution in [3.05, 3.63) is 17.7 Å². The number of nitrogens with one attached hydrogen (secondary N) is 1. The zero-order chi connectivity index (χ0) is 12.4. The van der Waals surface area contributed by atoms with Crippen molar-refractivity contribution in [2.24, 2.45) is 5.73 Å². The molecule has 0 aromatic heterocycles. The van der Waals surface area contributed by atoms with E-state index in [0.717, 1.165) is 0 Å². The van der Waals surface area contributed by atoms with Gasteiger partial charge in [-0.3, -0.25) is 4.79 Å². The Morgan fingerprint density at radius 2 is 2.41 bits per heavy atom. The summed E-state index contributed by atoms with van der Waals surface area (Å²) in [5.41, 5.74) is 6.43. The average molecular weight is 238 g/mol. The molecular formula is C11H14N2O4. The van der Waals surface area contributed by atoms with Crippen LogP contribution in [-0.4, -0.2) is 31.3 Å². The first kappa shape index (κ1) is 11.7. The summed E-state index contributed by atoms with van der Waals surface area (Å²) in [4.78, 5) is 11.2. The average Bonchev–Trinajstić information content (AvgIpc) is 2.35. The molecule has 0 saturated carbocycles. The number of anilines is 1. The molecule has 6 nitrogen and oxygen atoms in total. The minimum atomic E-state index is -0.853. The van der Waals surface area contributed by atoms with Crippen LogP contribution in [0.1, 0.15) is 11.7 Å². The Bertz CT molecular complexity index is 447. The van der Waals surface area contributed by atoms with E-state index < -0.39 is 6.10 Å². The van der Waals surface area contributed by atoms with Crippen LogP contribution in [0.15, 0.2) is 12.1 Å². The van der Waals surface area contributed by atoms with Gasteiger partial charge >= 0.3 is 0 Å². The fourth-order valence-corrected chi connectivity index (χ4v) is 1.69. The van der Waals surface area contributed by atoms with Gasteiger partial charge in [0.1, 0.15) is 11.5 Å². The lowest BCUT2D eigenvalue weighted by molar-refractivity contribution is -0.118. The second-order valence-corrected chi connectivity index (χ2v) is 3.68. The largest absolute Gasteiger partial charge is 0.497 e. The van der Waals surface area contributed by atoms with E-state index in [0.29, 0.717) is 22.7 Å². The Morgan fingerprint density at radius 1 is 1.65 bits per heavy atom. The predicted octanol–water partition coefficient (Wildman–Crippen LogP) is 0.0182. The molecule has 0 unspecified atom stereocenters. The van der Waals surface area contributed by atoms with Crippen LogP contribution in [0, 0.1) is 0 Å². The molecule has 1 aromatic rings. The van der Waals surface area contributed by atoms with Crippen molar-refractivity contribution in [1.82, 2.24) is 0 Å². The lowest BCUT2D eigenvalue weighted by Gasteiger charge is -2.23. The summed E-state index contributed by atoms with van der Waals surface area (Å²) in [6, 6.07) is 3.28. The Balaban J connectivity index is 2.50. The molecule has 17 heavy (non-hydrogen) atoms. The van der Waals surface area contributed by atoms with Crippen LogP contribution in [0.25, 0.3) is 0 Å². The number of amides is 1. The highest BCUT2D eigenvalue weighted by Crippen LogP contribution is 2.38. The van der Waals surface area contributed by atoms with Crippen LogP contribution < -0.4 is 20.5 Å². The summed E-state index contributed by atoms with van der Waals surface area (Å²) in [6.07, 6.45) is -0.853. The van der Waals surface area contributed by atoms with E-state index in [2.05, 4.69) is 5.32 Å². The second-order valence-electron chi connectivity index (χ2n) is 3.68. The van der Waals surface area contributed by atoms with Crippen molar-refractivity contribution in [2.75, 3.05) is 25.6 Å². The Labute approximate surface area is 98.3 Å². The first-order valence-corrected chi connectivity index (χ1v) is 5.18. The molecule has 1 amide bonds. The minimum absolute atomic E-state index is 0.0659. The number of rotatable bonds is 3. The molecule has 6 heteroatoms. The van der Waals surface area contributed by atoms with Gasteiger partial charge in [-0.2, -0.15) is 0 Å². The van der Waals surface area contributed by atoms with E-state index >= 15 is 0 Å². The highest BCUT2D eigenvalue weighted by Gasteiger charge is 2.23. The van der Waals surface area contributed by atoms with Gasteiger partial charge in [0.15, 0.2) is 6.61 Å². The van der Waals surface area contributed by atoms with Crippen LogP contribution in [0.4, 0.5) is 5.69 Å². The van der Waals surface area contributed by atoms with Gasteiger partial charge in [-0.25, -0.2) is 0 Å². The van der Waals surface area contributed by atoms with E-state index in [1.807, 2.05) is 0 Å². The number of aliphatic hydroxyl groups excluding tert-OH is 1. The minimum Gasteiger partial charge on any atom is -0.497 e. The quantitative estimate of drug-likeness (QED) is 0.690. The number of methoxy groups -OCH3 is 1. The van der Waals surface area contributed by atoms with Crippen LogP contribution in [0.2, 0.25) is 0 Å². The van der Waals surface area contributed by atoms with Crippen molar-refractivity contribution in [3.63, 3.8) is 0 Å². The molecule has 1 aliphatic rings. The number of aliphatic hydroxyl groups is 1. The molecule has 4 N–H and O–H groups in total. The van der Waals surface area contributed by atoms with E-state index in [4.69, 9.17) is 15.2 Å². The maximum absolute atomic E-state index is 11.2. The van der Waals surface area contributed by atoms with Crippen LogP contribution in [0.3, 0.4) is 0 Å². The molecule has 0 bridgehead atoms. The monoisotopic (exact) mass is 238 g/mol. The number of carbonyl (C=O) groups is 1. The van der Waals surface area contributed by atoms with Gasteiger partial charge < -0.3 is 25.6 Å². The fourth-order valence-electron chi connectivity index (χ4n) is 1.69. The van der Waals surface area contributed by atoms with Gasteiger partial charge in [-0.1, -0.05) is 0 Å². The van der Waals surface area contributed by atoms with Crippen molar-refractivity contribution in [3.8, 4) is 11.5 Å². The van der Waals surface area contributed by atoms with Crippen molar-refractivity contribution >= 4 is 11.6 Å². The summed E-state index contributed by atoms with van der Waals surface area (Å²) in [5, 5.41) is 12.5. The van der Waals surface area contributed by atoms with Gasteiger partial charge in [-0.05, 0) is 6.07 Å². The maximum Gasteiger partial charge on any atom is 0.262 e. The Morgan fingerprint density at radius 3 is 3.06 bits per heavy atom. The molecule has 0 saturated heterocycles. The van der Waals surface area contributed by atoms with Crippen LogP contribution >= 0.6 is 0 Å². The zero-order valence-electron chi connectivity index (χ0n) is 9.40. The van der Waals surface area contributed by atoms with Gasteiger partial charge in [0.25, 0.3) is 5.91 Å². The highest BCUT2D eigenvalue weighted by atomic mass is 16.5. The Hall–Kier alpha value is -1.79. The van der Waals surface area contributed by atoms with E-state index in [9.17, 15) is 9.90 Å². The number of nitrogens with two attached hydrogens (primary N) is 1. The first-order valence-electron chi connectivity index (χ1n) is 5.18. The van der Waals surface area contributed by atoms with Crippen molar-refractivity contribution < 1.29 is 19.4 Å². The fraction of sp³-hybridized carbons (Fsp3) is 0.364. The Kier molecular flexibility index (Phi) is 3.16. The zero-order valence-corrected chi connectivity index (χ0v) is 9.40. The summed E-state index contributed by atoms with van der Waals surface area (Å²) in [7, 11) is 1.51. The van der Waals surface area contributed by atoms with E-state index in [1.54, 1.807) is 12.1 Å². The van der Waals surface area contributed by atoms with Gasteiger partial charge in [0.2, 0.25) is 0 Å². The van der Waals surface area contributed by atoms with Gasteiger partial charge in [-0.15, -0.1) is 0 Å². The van der Waals surface area contributed by atoms with Crippen molar-refractivity contribution in [1.29, 1.82) is 0 Å². The SMILES string of the molecule is COc1cc2c(c([C@@H](O)CN)c1)OCC(=O)N2. The predicted molar refractivity (Wildman–Crippen MR) is 61.1 cm³/mol. The number of fused-ring (bicyclic) bond motifs is 1. The summed E-state index contributed by atoms with van der Waals surface area (Å²) >= 11 is 0. The molecule has 0 fully saturated rings. The molecule has 0 aliphatic carbocycles. The van der Waals surface area contributed by atoms with E-state index in [1.165, 1.54) is 7.11 Å². The highest BCUT2D eigenvalue weighted by molar-refractivity contribution is 5.96. The number of benzene rings is 1. The molecule has 2 rings (SSSR count). The number of carbonyl (C=O) groups excluding carboxylic acids is 1. The molecule has 1 atom stereocenters. The molecule has 1 aromatic carbocycles. The molecule has 0 spiro atoms. The molecule has 92 valence electrons. The second kappa shape index (κ2) is 4.60. The number of ether oxygens (including phenoxy) is 2. The third-order valence-electron chi connectivity index (χ3n) is 2.53. The van der Waals surface area contributed by atoms with Crippen LogP contribution in [-0.2, 0) is 4.79 Å².